The average molecular weight is 327 g/mol. The van der Waals surface area contributed by atoms with E-state index < -0.39 is 0 Å². The molecule has 2 unspecified atom stereocenters. The Morgan fingerprint density at radius 1 is 1.10 bits per heavy atom. The maximum atomic E-state index is 2.43. The van der Waals surface area contributed by atoms with Gasteiger partial charge in [0.2, 0.25) is 0 Å². The molecule has 0 bridgehead atoms. The fourth-order valence-electron chi connectivity index (χ4n) is 3.60. The molecule has 1 aliphatic carbocycles. The van der Waals surface area contributed by atoms with Gasteiger partial charge in [0.25, 0.3) is 0 Å². The number of hydrogen-bond donors (Lipinski definition) is 0. The molecule has 0 saturated heterocycles. The largest absolute Gasteiger partial charge is 0.144 e. The van der Waals surface area contributed by atoms with E-state index in [9.17, 15) is 0 Å². The summed E-state index contributed by atoms with van der Waals surface area (Å²) in [4.78, 5) is 2.94. The fraction of sp³-hybridized carbons (Fsp3) is 0.222. The highest BCUT2D eigenvalue weighted by Gasteiger charge is 2.34. The summed E-state index contributed by atoms with van der Waals surface area (Å²) in [6, 6.07) is 7.02. The molecular formula is C18H14S3. The smallest absolute Gasteiger partial charge is 0.0408 e. The summed E-state index contributed by atoms with van der Waals surface area (Å²) in [7, 11) is 0. The number of benzene rings is 1. The molecule has 3 heterocycles. The SMILES string of the molecule is CC1=CC2=Cc3sc4cc5ccsc5cc4c3C(C)C2S1. The first-order valence-corrected chi connectivity index (χ1v) is 9.78. The molecule has 3 aromatic rings. The number of allylic oxidation sites excluding steroid dienone is 2. The molecule has 2 aliphatic rings. The molecular weight excluding hydrogens is 312 g/mol. The third-order valence-electron chi connectivity index (χ3n) is 4.55. The molecule has 2 atom stereocenters. The van der Waals surface area contributed by atoms with Crippen LogP contribution in [0.15, 0.2) is 40.1 Å². The zero-order valence-corrected chi connectivity index (χ0v) is 14.3. The summed E-state index contributed by atoms with van der Waals surface area (Å²) in [5.74, 6) is 0.602. The van der Waals surface area contributed by atoms with Crippen LogP contribution >= 0.6 is 34.4 Å². The second-order valence-corrected chi connectivity index (χ2v) is 9.33. The zero-order valence-electron chi connectivity index (χ0n) is 11.8. The highest BCUT2D eigenvalue weighted by Crippen LogP contribution is 2.52. The normalized spacial score (nSPS) is 24.1. The van der Waals surface area contributed by atoms with Crippen LogP contribution in [0.4, 0.5) is 0 Å². The van der Waals surface area contributed by atoms with Gasteiger partial charge < -0.3 is 0 Å². The third kappa shape index (κ3) is 1.68. The highest BCUT2D eigenvalue weighted by molar-refractivity contribution is 8.04. The van der Waals surface area contributed by atoms with Gasteiger partial charge in [-0.25, -0.2) is 0 Å². The van der Waals surface area contributed by atoms with Crippen molar-refractivity contribution in [2.45, 2.75) is 25.0 Å². The number of thioether (sulfide) groups is 1. The van der Waals surface area contributed by atoms with Crippen molar-refractivity contribution in [2.75, 3.05) is 0 Å². The van der Waals surface area contributed by atoms with E-state index in [2.05, 4.69) is 49.6 Å². The van der Waals surface area contributed by atoms with E-state index in [1.807, 2.05) is 34.4 Å². The van der Waals surface area contributed by atoms with Crippen LogP contribution in [0.25, 0.3) is 26.2 Å². The maximum Gasteiger partial charge on any atom is 0.0408 e. The number of thiophene rings is 2. The zero-order chi connectivity index (χ0) is 14.1. The quantitative estimate of drug-likeness (QED) is 0.446. The maximum absolute atomic E-state index is 2.43. The van der Waals surface area contributed by atoms with Crippen molar-refractivity contribution >= 4 is 60.7 Å². The Balaban J connectivity index is 1.83. The Hall–Kier alpha value is -1.03. The van der Waals surface area contributed by atoms with Gasteiger partial charge in [0, 0.05) is 19.5 Å². The molecule has 1 aromatic carbocycles. The second kappa shape index (κ2) is 4.25. The Kier molecular flexibility index (Phi) is 2.53. The highest BCUT2D eigenvalue weighted by atomic mass is 32.2. The lowest BCUT2D eigenvalue weighted by molar-refractivity contribution is 0.786. The van der Waals surface area contributed by atoms with Crippen molar-refractivity contribution in [1.82, 2.24) is 0 Å². The molecule has 104 valence electrons. The van der Waals surface area contributed by atoms with E-state index in [0.29, 0.717) is 11.2 Å². The molecule has 1 aliphatic heterocycles. The van der Waals surface area contributed by atoms with Crippen LogP contribution < -0.4 is 0 Å². The minimum atomic E-state index is 0.602. The first-order chi connectivity index (χ1) is 10.2. The van der Waals surface area contributed by atoms with Gasteiger partial charge in [0.05, 0.1) is 0 Å². The van der Waals surface area contributed by atoms with Crippen molar-refractivity contribution in [3.05, 3.63) is 50.6 Å². The van der Waals surface area contributed by atoms with Gasteiger partial charge in [-0.15, -0.1) is 34.4 Å². The standard InChI is InChI=1S/C18H14S3/c1-9-5-12-7-16-17(10(2)18(12)20-9)13-8-14-11(3-4-19-14)6-15(13)21-16/h3-8,10,18H,1-2H3. The molecule has 21 heavy (non-hydrogen) atoms. The summed E-state index contributed by atoms with van der Waals surface area (Å²) >= 11 is 5.85. The van der Waals surface area contributed by atoms with E-state index in [-0.39, 0.29) is 0 Å². The summed E-state index contributed by atoms with van der Waals surface area (Å²) in [5.41, 5.74) is 3.10. The van der Waals surface area contributed by atoms with Gasteiger partial charge in [0.1, 0.15) is 0 Å². The van der Waals surface area contributed by atoms with Gasteiger partial charge >= 0.3 is 0 Å². The van der Waals surface area contributed by atoms with Gasteiger partial charge in [-0.05, 0) is 75.4 Å². The summed E-state index contributed by atoms with van der Waals surface area (Å²) < 4.78 is 2.86. The first-order valence-electron chi connectivity index (χ1n) is 7.21. The van der Waals surface area contributed by atoms with Crippen LogP contribution in [-0.2, 0) is 0 Å². The van der Waals surface area contributed by atoms with Crippen molar-refractivity contribution in [3.8, 4) is 0 Å². The molecule has 0 radical (unpaired) electrons. The molecule has 3 heteroatoms. The van der Waals surface area contributed by atoms with Crippen LogP contribution in [0.5, 0.6) is 0 Å². The minimum Gasteiger partial charge on any atom is -0.144 e. The lowest BCUT2D eigenvalue weighted by Crippen LogP contribution is -2.15. The summed E-state index contributed by atoms with van der Waals surface area (Å²) in [6.45, 7) is 4.64. The number of rotatable bonds is 0. The molecule has 5 rings (SSSR count). The molecule has 0 fully saturated rings. The Labute approximate surface area is 136 Å². The average Bonchev–Trinajstić information content (AvgIpc) is 3.11. The molecule has 0 saturated carbocycles. The molecule has 2 aromatic heterocycles. The molecule has 0 nitrogen and oxygen atoms in total. The van der Waals surface area contributed by atoms with E-state index in [0.717, 1.165) is 0 Å². The molecule has 0 amide bonds. The van der Waals surface area contributed by atoms with Crippen molar-refractivity contribution in [1.29, 1.82) is 0 Å². The number of hydrogen-bond acceptors (Lipinski definition) is 3. The van der Waals surface area contributed by atoms with Crippen LogP contribution in [0.1, 0.15) is 30.2 Å². The molecule has 0 N–H and O–H groups in total. The van der Waals surface area contributed by atoms with Crippen LogP contribution in [0.3, 0.4) is 0 Å². The second-order valence-electron chi connectivity index (χ2n) is 5.91. The lowest BCUT2D eigenvalue weighted by Gasteiger charge is -2.25. The topological polar surface area (TPSA) is 0 Å². The predicted molar refractivity (Wildman–Crippen MR) is 98.7 cm³/mol. The van der Waals surface area contributed by atoms with E-state index in [4.69, 9.17) is 0 Å². The Bertz CT molecular complexity index is 952. The van der Waals surface area contributed by atoms with Crippen molar-refractivity contribution < 1.29 is 0 Å². The lowest BCUT2D eigenvalue weighted by atomic mass is 9.86. The minimum absolute atomic E-state index is 0.602. The van der Waals surface area contributed by atoms with E-state index >= 15 is 0 Å². The van der Waals surface area contributed by atoms with Crippen LogP contribution in [0, 0.1) is 0 Å². The van der Waals surface area contributed by atoms with E-state index in [1.165, 1.54) is 35.5 Å². The summed E-state index contributed by atoms with van der Waals surface area (Å²) in [5, 5.41) is 5.69. The Morgan fingerprint density at radius 2 is 2.00 bits per heavy atom. The van der Waals surface area contributed by atoms with Crippen LogP contribution in [-0.4, -0.2) is 5.25 Å². The first kappa shape index (κ1) is 12.5. The van der Waals surface area contributed by atoms with Crippen molar-refractivity contribution in [3.63, 3.8) is 0 Å². The van der Waals surface area contributed by atoms with E-state index in [1.54, 1.807) is 5.56 Å². The third-order valence-corrected chi connectivity index (χ3v) is 7.97. The number of fused-ring (bicyclic) bond motifs is 5. The summed E-state index contributed by atoms with van der Waals surface area (Å²) in [6.07, 6.45) is 4.81. The molecule has 0 spiro atoms. The van der Waals surface area contributed by atoms with Gasteiger partial charge in [-0.1, -0.05) is 6.92 Å². The predicted octanol–water partition coefficient (Wildman–Crippen LogP) is 6.64. The van der Waals surface area contributed by atoms with Crippen molar-refractivity contribution in [2.24, 2.45) is 0 Å². The monoisotopic (exact) mass is 326 g/mol. The van der Waals surface area contributed by atoms with Gasteiger partial charge in [-0.3, -0.25) is 0 Å². The Morgan fingerprint density at radius 3 is 2.90 bits per heavy atom. The van der Waals surface area contributed by atoms with Crippen LogP contribution in [0.2, 0.25) is 0 Å². The van der Waals surface area contributed by atoms with Gasteiger partial charge in [0.15, 0.2) is 0 Å². The fourth-order valence-corrected chi connectivity index (χ4v) is 6.93. The van der Waals surface area contributed by atoms with Gasteiger partial charge in [-0.2, -0.15) is 0 Å².